The van der Waals surface area contributed by atoms with Crippen LogP contribution in [-0.2, 0) is 6.42 Å². The van der Waals surface area contributed by atoms with E-state index in [-0.39, 0.29) is 0 Å². The number of aryl methyl sites for hydroxylation is 1. The molecule has 0 spiro atoms. The first-order chi connectivity index (χ1) is 6.95. The molecule has 76 valence electrons. The van der Waals surface area contributed by atoms with Gasteiger partial charge in [-0.15, -0.1) is 0 Å². The van der Waals surface area contributed by atoms with Crippen LogP contribution < -0.4 is 5.32 Å². The molecule has 0 amide bonds. The summed E-state index contributed by atoms with van der Waals surface area (Å²) in [6, 6.07) is 10.7. The molecule has 0 aromatic heterocycles. The molecule has 0 atom stereocenters. The van der Waals surface area contributed by atoms with Crippen molar-refractivity contribution in [3.8, 4) is 0 Å². The van der Waals surface area contributed by atoms with Crippen molar-refractivity contribution in [3.05, 3.63) is 35.9 Å². The minimum absolute atomic E-state index is 1.08. The molecule has 2 heteroatoms. The van der Waals surface area contributed by atoms with Crippen molar-refractivity contribution in [2.45, 2.75) is 12.8 Å². The number of hydrogen-bond acceptors (Lipinski definition) is 2. The first-order valence-electron chi connectivity index (χ1n) is 5.42. The molecule has 1 aromatic rings. The molecule has 0 saturated carbocycles. The van der Waals surface area contributed by atoms with Gasteiger partial charge in [0.05, 0.1) is 0 Å². The Balaban J connectivity index is 1.67. The highest BCUT2D eigenvalue weighted by atomic mass is 15.3. The van der Waals surface area contributed by atoms with Crippen LogP contribution in [-0.4, -0.2) is 31.2 Å². The topological polar surface area (TPSA) is 15.3 Å². The van der Waals surface area contributed by atoms with Gasteiger partial charge in [0.1, 0.15) is 0 Å². The third kappa shape index (κ3) is 2.82. The lowest BCUT2D eigenvalue weighted by molar-refractivity contribution is 0.330. The van der Waals surface area contributed by atoms with Crippen LogP contribution in [0.2, 0.25) is 0 Å². The second-order valence-corrected chi connectivity index (χ2v) is 3.87. The summed E-state index contributed by atoms with van der Waals surface area (Å²) in [5.41, 5.74) is 1.46. The summed E-state index contributed by atoms with van der Waals surface area (Å²) in [6.07, 6.45) is 2.48. The van der Waals surface area contributed by atoms with E-state index < -0.39 is 0 Å². The Kier molecular flexibility index (Phi) is 3.55. The van der Waals surface area contributed by atoms with Crippen molar-refractivity contribution in [2.75, 3.05) is 26.3 Å². The van der Waals surface area contributed by atoms with Crippen molar-refractivity contribution in [1.82, 2.24) is 10.2 Å². The molecular formula is C12H18N2. The van der Waals surface area contributed by atoms with Gasteiger partial charge in [-0.05, 0) is 24.9 Å². The van der Waals surface area contributed by atoms with Gasteiger partial charge in [0, 0.05) is 19.8 Å². The van der Waals surface area contributed by atoms with E-state index in [0.29, 0.717) is 0 Å². The first kappa shape index (κ1) is 9.69. The highest BCUT2D eigenvalue weighted by Gasteiger charge is 2.09. The van der Waals surface area contributed by atoms with Gasteiger partial charge in [0.25, 0.3) is 0 Å². The van der Waals surface area contributed by atoms with E-state index in [2.05, 4.69) is 40.5 Å². The quantitative estimate of drug-likeness (QED) is 0.773. The summed E-state index contributed by atoms with van der Waals surface area (Å²) < 4.78 is 0. The molecule has 1 heterocycles. The smallest absolute Gasteiger partial charge is 0.0481 e. The third-order valence-corrected chi connectivity index (χ3v) is 2.72. The van der Waals surface area contributed by atoms with Gasteiger partial charge < -0.3 is 5.32 Å². The minimum atomic E-state index is 1.08. The molecule has 0 bridgehead atoms. The molecule has 14 heavy (non-hydrogen) atoms. The van der Waals surface area contributed by atoms with Crippen molar-refractivity contribution < 1.29 is 0 Å². The van der Waals surface area contributed by atoms with E-state index in [1.165, 1.54) is 31.5 Å². The van der Waals surface area contributed by atoms with E-state index in [0.717, 1.165) is 13.2 Å². The lowest BCUT2D eigenvalue weighted by Crippen LogP contribution is -2.23. The third-order valence-electron chi connectivity index (χ3n) is 2.72. The van der Waals surface area contributed by atoms with Crippen molar-refractivity contribution in [3.63, 3.8) is 0 Å². The second-order valence-electron chi connectivity index (χ2n) is 3.87. The Morgan fingerprint density at radius 1 is 1.21 bits per heavy atom. The van der Waals surface area contributed by atoms with Crippen LogP contribution >= 0.6 is 0 Å². The summed E-state index contributed by atoms with van der Waals surface area (Å²) in [7, 11) is 0. The molecule has 0 unspecified atom stereocenters. The number of nitrogens with one attached hydrogen (secondary N) is 1. The van der Waals surface area contributed by atoms with Gasteiger partial charge in [0.15, 0.2) is 0 Å². The van der Waals surface area contributed by atoms with Crippen molar-refractivity contribution in [2.24, 2.45) is 0 Å². The van der Waals surface area contributed by atoms with E-state index in [9.17, 15) is 0 Å². The normalized spacial score (nSPS) is 17.4. The fourth-order valence-electron chi connectivity index (χ4n) is 1.90. The fraction of sp³-hybridized carbons (Fsp3) is 0.500. The van der Waals surface area contributed by atoms with Crippen LogP contribution in [0.5, 0.6) is 0 Å². The molecule has 1 saturated heterocycles. The molecule has 0 radical (unpaired) electrons. The lowest BCUT2D eigenvalue weighted by atomic mass is 10.1. The second kappa shape index (κ2) is 5.13. The molecule has 1 N–H and O–H groups in total. The Hall–Kier alpha value is -0.860. The maximum absolute atomic E-state index is 3.35. The highest BCUT2D eigenvalue weighted by Crippen LogP contribution is 2.03. The SMILES string of the molecule is c1ccc(CCCN2CCNC2)cc1. The van der Waals surface area contributed by atoms with E-state index >= 15 is 0 Å². The zero-order valence-corrected chi connectivity index (χ0v) is 8.58. The number of benzene rings is 1. The minimum Gasteiger partial charge on any atom is -0.303 e. The maximum atomic E-state index is 3.35. The van der Waals surface area contributed by atoms with E-state index in [4.69, 9.17) is 0 Å². The Bertz CT molecular complexity index is 252. The number of rotatable bonds is 4. The zero-order chi connectivity index (χ0) is 9.64. The van der Waals surface area contributed by atoms with Crippen molar-refractivity contribution >= 4 is 0 Å². The summed E-state index contributed by atoms with van der Waals surface area (Å²) in [4.78, 5) is 2.48. The van der Waals surface area contributed by atoms with Gasteiger partial charge in [-0.25, -0.2) is 0 Å². The van der Waals surface area contributed by atoms with Crippen LogP contribution in [0.3, 0.4) is 0 Å². The average Bonchev–Trinajstić information content (AvgIpc) is 2.72. The lowest BCUT2D eigenvalue weighted by Gasteiger charge is -2.12. The van der Waals surface area contributed by atoms with Gasteiger partial charge in [-0.2, -0.15) is 0 Å². The van der Waals surface area contributed by atoms with Crippen LogP contribution in [0.1, 0.15) is 12.0 Å². The highest BCUT2D eigenvalue weighted by molar-refractivity contribution is 5.14. The van der Waals surface area contributed by atoms with Crippen LogP contribution in [0.15, 0.2) is 30.3 Å². The predicted molar refractivity (Wildman–Crippen MR) is 59.2 cm³/mol. The monoisotopic (exact) mass is 190 g/mol. The molecule has 1 aliphatic heterocycles. The van der Waals surface area contributed by atoms with Gasteiger partial charge in [-0.3, -0.25) is 4.90 Å². The predicted octanol–water partition coefficient (Wildman–Crippen LogP) is 1.48. The fourth-order valence-corrected chi connectivity index (χ4v) is 1.90. The molecule has 0 aliphatic carbocycles. The summed E-state index contributed by atoms with van der Waals surface area (Å²) in [6.45, 7) is 4.68. The Morgan fingerprint density at radius 2 is 2.07 bits per heavy atom. The standard InChI is InChI=1S/C12H18N2/c1-2-5-12(6-3-1)7-4-9-14-10-8-13-11-14/h1-3,5-6,13H,4,7-11H2. The summed E-state index contributed by atoms with van der Waals surface area (Å²) in [5, 5.41) is 3.35. The molecule has 2 nitrogen and oxygen atoms in total. The Labute approximate surface area is 85.9 Å². The Morgan fingerprint density at radius 3 is 2.79 bits per heavy atom. The van der Waals surface area contributed by atoms with Gasteiger partial charge >= 0.3 is 0 Å². The molecule has 2 rings (SSSR count). The van der Waals surface area contributed by atoms with Crippen LogP contribution in [0.25, 0.3) is 0 Å². The summed E-state index contributed by atoms with van der Waals surface area (Å²) >= 11 is 0. The number of nitrogens with zero attached hydrogens (tertiary/aromatic N) is 1. The van der Waals surface area contributed by atoms with Gasteiger partial charge in [0.2, 0.25) is 0 Å². The van der Waals surface area contributed by atoms with Crippen LogP contribution in [0.4, 0.5) is 0 Å². The average molecular weight is 190 g/mol. The first-order valence-corrected chi connectivity index (χ1v) is 5.42. The largest absolute Gasteiger partial charge is 0.303 e. The summed E-state index contributed by atoms with van der Waals surface area (Å²) in [5.74, 6) is 0. The molecule has 1 aliphatic rings. The van der Waals surface area contributed by atoms with E-state index in [1.807, 2.05) is 0 Å². The van der Waals surface area contributed by atoms with E-state index in [1.54, 1.807) is 0 Å². The molecule has 1 aromatic carbocycles. The molecule has 1 fully saturated rings. The maximum Gasteiger partial charge on any atom is 0.0481 e. The van der Waals surface area contributed by atoms with Gasteiger partial charge in [-0.1, -0.05) is 30.3 Å². The molecular weight excluding hydrogens is 172 g/mol. The van der Waals surface area contributed by atoms with Crippen LogP contribution in [0, 0.1) is 0 Å². The van der Waals surface area contributed by atoms with Crippen molar-refractivity contribution in [1.29, 1.82) is 0 Å². The zero-order valence-electron chi connectivity index (χ0n) is 8.58. The number of hydrogen-bond donors (Lipinski definition) is 1.